The second-order valence-electron chi connectivity index (χ2n) is 5.79. The van der Waals surface area contributed by atoms with E-state index < -0.39 is 0 Å². The summed E-state index contributed by atoms with van der Waals surface area (Å²) in [4.78, 5) is 19.2. The maximum Gasteiger partial charge on any atom is 0.211 e. The van der Waals surface area contributed by atoms with Crippen LogP contribution in [0.4, 0.5) is 5.69 Å². The molecule has 1 N–H and O–H groups in total. The van der Waals surface area contributed by atoms with Crippen LogP contribution in [0.15, 0.2) is 30.6 Å². The van der Waals surface area contributed by atoms with Crippen molar-refractivity contribution < 1.29 is 4.79 Å². The largest absolute Gasteiger partial charge is 0.328 e. The highest BCUT2D eigenvalue weighted by molar-refractivity contribution is 5.78. The number of aromatic nitrogens is 2. The quantitative estimate of drug-likeness (QED) is 0.870. The van der Waals surface area contributed by atoms with Crippen molar-refractivity contribution >= 4 is 12.1 Å². The molecule has 20 heavy (non-hydrogen) atoms. The lowest BCUT2D eigenvalue weighted by atomic mass is 9.85. The van der Waals surface area contributed by atoms with Crippen LogP contribution in [0.1, 0.15) is 32.2 Å². The number of nitrogens with one attached hydrogen (secondary N) is 1. The van der Waals surface area contributed by atoms with Crippen LogP contribution in [0.25, 0.3) is 11.1 Å². The fourth-order valence-electron chi connectivity index (χ4n) is 2.10. The van der Waals surface area contributed by atoms with Gasteiger partial charge in [0.25, 0.3) is 0 Å². The number of carbonyl (C=O) groups is 1. The monoisotopic (exact) mass is 269 g/mol. The molecule has 4 heteroatoms. The highest BCUT2D eigenvalue weighted by atomic mass is 16.1. The number of rotatable bonds is 3. The molecule has 2 aromatic rings. The number of hydrogen-bond acceptors (Lipinski definition) is 3. The molecule has 0 aliphatic rings. The van der Waals surface area contributed by atoms with Crippen molar-refractivity contribution in [1.82, 2.24) is 9.97 Å². The SMILES string of the molecule is Cc1ncc(-c2ccc(C(C)(C)C)c(NC=O)c2)cn1. The summed E-state index contributed by atoms with van der Waals surface area (Å²) >= 11 is 0. The summed E-state index contributed by atoms with van der Waals surface area (Å²) in [6.45, 7) is 8.21. The minimum absolute atomic E-state index is 0.0341. The van der Waals surface area contributed by atoms with E-state index in [0.717, 1.165) is 28.2 Å². The standard InChI is InChI=1S/C16H19N3O/c1-11-17-8-13(9-18-11)12-5-6-14(16(2,3)4)15(7-12)19-10-20/h5-10H,1-4H3,(H,19,20). The molecule has 104 valence electrons. The van der Waals surface area contributed by atoms with Gasteiger partial charge >= 0.3 is 0 Å². The summed E-state index contributed by atoms with van der Waals surface area (Å²) in [5, 5.41) is 2.78. The molecule has 0 fully saturated rings. The molecule has 0 radical (unpaired) electrons. The Bertz CT molecular complexity index is 613. The van der Waals surface area contributed by atoms with E-state index in [1.807, 2.05) is 25.1 Å². The van der Waals surface area contributed by atoms with E-state index in [1.165, 1.54) is 0 Å². The van der Waals surface area contributed by atoms with E-state index in [9.17, 15) is 4.79 Å². The molecule has 1 aromatic carbocycles. The molecule has 2 rings (SSSR count). The van der Waals surface area contributed by atoms with Crippen LogP contribution < -0.4 is 5.32 Å². The number of amides is 1. The zero-order valence-corrected chi connectivity index (χ0v) is 12.3. The minimum Gasteiger partial charge on any atom is -0.328 e. The van der Waals surface area contributed by atoms with Gasteiger partial charge in [0.15, 0.2) is 0 Å². The van der Waals surface area contributed by atoms with Gasteiger partial charge in [0, 0.05) is 23.6 Å². The Morgan fingerprint density at radius 2 is 1.75 bits per heavy atom. The predicted octanol–water partition coefficient (Wildman–Crippen LogP) is 3.32. The Balaban J connectivity index is 2.49. The van der Waals surface area contributed by atoms with Crippen molar-refractivity contribution in [2.75, 3.05) is 5.32 Å². The van der Waals surface area contributed by atoms with Crippen molar-refractivity contribution in [3.8, 4) is 11.1 Å². The third-order valence-electron chi connectivity index (χ3n) is 3.16. The van der Waals surface area contributed by atoms with E-state index in [2.05, 4.69) is 36.1 Å². The van der Waals surface area contributed by atoms with Crippen LogP contribution in [-0.2, 0) is 10.2 Å². The summed E-state index contributed by atoms with van der Waals surface area (Å²) in [5.41, 5.74) is 3.81. The topological polar surface area (TPSA) is 54.9 Å². The molecule has 0 aliphatic carbocycles. The van der Waals surface area contributed by atoms with E-state index in [-0.39, 0.29) is 5.41 Å². The lowest BCUT2D eigenvalue weighted by Gasteiger charge is -2.23. The van der Waals surface area contributed by atoms with Gasteiger partial charge in [-0.15, -0.1) is 0 Å². The molecule has 0 atom stereocenters. The Labute approximate surface area is 119 Å². The second kappa shape index (κ2) is 5.41. The Kier molecular flexibility index (Phi) is 3.84. The highest BCUT2D eigenvalue weighted by Crippen LogP contribution is 2.32. The van der Waals surface area contributed by atoms with Crippen LogP contribution in [0.5, 0.6) is 0 Å². The second-order valence-corrected chi connectivity index (χ2v) is 5.79. The molecule has 1 aromatic heterocycles. The summed E-state index contributed by atoms with van der Waals surface area (Å²) < 4.78 is 0. The number of aryl methyl sites for hydroxylation is 1. The van der Waals surface area contributed by atoms with Crippen molar-refractivity contribution in [1.29, 1.82) is 0 Å². The molecule has 1 amide bonds. The number of anilines is 1. The molecule has 4 nitrogen and oxygen atoms in total. The smallest absolute Gasteiger partial charge is 0.211 e. The van der Waals surface area contributed by atoms with Gasteiger partial charge in [0.2, 0.25) is 6.41 Å². The molecule has 0 unspecified atom stereocenters. The summed E-state index contributed by atoms with van der Waals surface area (Å²) in [6.07, 6.45) is 4.29. The fraction of sp³-hybridized carbons (Fsp3) is 0.312. The molecule has 0 aliphatic heterocycles. The first-order valence-corrected chi connectivity index (χ1v) is 6.55. The van der Waals surface area contributed by atoms with Gasteiger partial charge in [0.05, 0.1) is 0 Å². The minimum atomic E-state index is -0.0341. The zero-order valence-electron chi connectivity index (χ0n) is 12.3. The maximum absolute atomic E-state index is 10.8. The van der Waals surface area contributed by atoms with Crippen molar-refractivity contribution in [2.45, 2.75) is 33.1 Å². The van der Waals surface area contributed by atoms with Crippen molar-refractivity contribution in [3.63, 3.8) is 0 Å². The van der Waals surface area contributed by atoms with Crippen LogP contribution in [-0.4, -0.2) is 16.4 Å². The molecule has 0 spiro atoms. The Hall–Kier alpha value is -2.23. The van der Waals surface area contributed by atoms with E-state index in [0.29, 0.717) is 6.41 Å². The number of benzene rings is 1. The van der Waals surface area contributed by atoms with Gasteiger partial charge in [-0.25, -0.2) is 9.97 Å². The van der Waals surface area contributed by atoms with E-state index in [1.54, 1.807) is 12.4 Å². The lowest BCUT2D eigenvalue weighted by Crippen LogP contribution is -2.14. The van der Waals surface area contributed by atoms with Crippen LogP contribution in [0.3, 0.4) is 0 Å². The predicted molar refractivity (Wildman–Crippen MR) is 80.6 cm³/mol. The molecular formula is C16H19N3O. The molecule has 0 saturated heterocycles. The van der Waals surface area contributed by atoms with E-state index in [4.69, 9.17) is 0 Å². The Morgan fingerprint density at radius 1 is 1.10 bits per heavy atom. The third-order valence-corrected chi connectivity index (χ3v) is 3.16. The number of hydrogen-bond donors (Lipinski definition) is 1. The van der Waals surface area contributed by atoms with Crippen LogP contribution in [0, 0.1) is 6.92 Å². The van der Waals surface area contributed by atoms with Gasteiger partial charge < -0.3 is 5.32 Å². The van der Waals surface area contributed by atoms with Crippen LogP contribution >= 0.6 is 0 Å². The maximum atomic E-state index is 10.8. The van der Waals surface area contributed by atoms with Gasteiger partial charge in [-0.05, 0) is 29.5 Å². The van der Waals surface area contributed by atoms with Crippen molar-refractivity contribution in [3.05, 3.63) is 42.0 Å². The summed E-state index contributed by atoms with van der Waals surface area (Å²) in [7, 11) is 0. The van der Waals surface area contributed by atoms with Gasteiger partial charge in [-0.3, -0.25) is 4.79 Å². The van der Waals surface area contributed by atoms with Crippen molar-refractivity contribution in [2.24, 2.45) is 0 Å². The first-order chi connectivity index (χ1) is 9.41. The normalized spacial score (nSPS) is 11.2. The number of carbonyl (C=O) groups excluding carboxylic acids is 1. The third kappa shape index (κ3) is 3.02. The summed E-state index contributed by atoms with van der Waals surface area (Å²) in [6, 6.07) is 6.04. The Morgan fingerprint density at radius 3 is 2.30 bits per heavy atom. The van der Waals surface area contributed by atoms with Gasteiger partial charge in [-0.2, -0.15) is 0 Å². The fourth-order valence-corrected chi connectivity index (χ4v) is 2.10. The van der Waals surface area contributed by atoms with Gasteiger partial charge in [-0.1, -0.05) is 32.9 Å². The van der Waals surface area contributed by atoms with Gasteiger partial charge in [0.1, 0.15) is 5.82 Å². The van der Waals surface area contributed by atoms with E-state index >= 15 is 0 Å². The first kappa shape index (κ1) is 14.2. The highest BCUT2D eigenvalue weighted by Gasteiger charge is 2.18. The lowest BCUT2D eigenvalue weighted by molar-refractivity contribution is -0.105. The zero-order chi connectivity index (χ0) is 14.8. The average molecular weight is 269 g/mol. The molecule has 1 heterocycles. The number of nitrogens with zero attached hydrogens (tertiary/aromatic N) is 2. The average Bonchev–Trinajstić information content (AvgIpc) is 2.38. The molecule has 0 saturated carbocycles. The van der Waals surface area contributed by atoms with Crippen LogP contribution in [0.2, 0.25) is 0 Å². The summed E-state index contributed by atoms with van der Waals surface area (Å²) in [5.74, 6) is 0.742. The molecule has 0 bridgehead atoms. The first-order valence-electron chi connectivity index (χ1n) is 6.55. The molecular weight excluding hydrogens is 250 g/mol.